The van der Waals surface area contributed by atoms with Crippen LogP contribution < -0.4 is 5.32 Å². The van der Waals surface area contributed by atoms with Crippen LogP contribution in [0.4, 0.5) is 0 Å². The van der Waals surface area contributed by atoms with Crippen molar-refractivity contribution in [2.24, 2.45) is 5.41 Å². The van der Waals surface area contributed by atoms with E-state index in [4.69, 9.17) is 0 Å². The second-order valence-corrected chi connectivity index (χ2v) is 6.44. The molecule has 94 valence electrons. The fourth-order valence-corrected chi connectivity index (χ4v) is 4.38. The van der Waals surface area contributed by atoms with Crippen LogP contribution >= 0.6 is 0 Å². The number of rotatable bonds is 1. The largest absolute Gasteiger partial charge is 0.346 e. The van der Waals surface area contributed by atoms with Gasteiger partial charge in [0.05, 0.1) is 0 Å². The van der Waals surface area contributed by atoms with Gasteiger partial charge in [0.25, 0.3) is 0 Å². The van der Waals surface area contributed by atoms with E-state index in [0.717, 1.165) is 5.65 Å². The third-order valence-electron chi connectivity index (χ3n) is 4.97. The van der Waals surface area contributed by atoms with Gasteiger partial charge in [-0.1, -0.05) is 6.92 Å². The first kappa shape index (κ1) is 10.6. The van der Waals surface area contributed by atoms with Crippen molar-refractivity contribution in [3.05, 3.63) is 30.1 Å². The SMILES string of the molecule is CC1(c2ccnc3[nH]ccc23)CC2(CCNC2)C1. The zero-order chi connectivity index (χ0) is 12.2. The smallest absolute Gasteiger partial charge is 0.137 e. The van der Waals surface area contributed by atoms with Crippen LogP contribution in [0.3, 0.4) is 0 Å². The van der Waals surface area contributed by atoms with Gasteiger partial charge in [0.2, 0.25) is 0 Å². The Labute approximate surface area is 107 Å². The van der Waals surface area contributed by atoms with Crippen molar-refractivity contribution in [2.45, 2.75) is 31.6 Å². The quantitative estimate of drug-likeness (QED) is 0.805. The Morgan fingerprint density at radius 2 is 2.17 bits per heavy atom. The number of H-pyrrole nitrogens is 1. The van der Waals surface area contributed by atoms with Crippen molar-refractivity contribution in [2.75, 3.05) is 13.1 Å². The summed E-state index contributed by atoms with van der Waals surface area (Å²) in [4.78, 5) is 7.61. The average molecular weight is 241 g/mol. The maximum absolute atomic E-state index is 4.39. The van der Waals surface area contributed by atoms with Gasteiger partial charge in [-0.05, 0) is 54.3 Å². The van der Waals surface area contributed by atoms with Crippen molar-refractivity contribution in [3.8, 4) is 0 Å². The summed E-state index contributed by atoms with van der Waals surface area (Å²) in [5.41, 5.74) is 3.43. The predicted octanol–water partition coefficient (Wildman–Crippen LogP) is 2.59. The van der Waals surface area contributed by atoms with E-state index in [1.807, 2.05) is 12.4 Å². The summed E-state index contributed by atoms with van der Waals surface area (Å²) in [6, 6.07) is 4.38. The van der Waals surface area contributed by atoms with Gasteiger partial charge in [0.15, 0.2) is 0 Å². The van der Waals surface area contributed by atoms with E-state index in [1.54, 1.807) is 0 Å². The summed E-state index contributed by atoms with van der Waals surface area (Å²) in [6.45, 7) is 4.83. The van der Waals surface area contributed by atoms with Gasteiger partial charge in [-0.2, -0.15) is 0 Å². The molecule has 2 aliphatic rings. The van der Waals surface area contributed by atoms with Gasteiger partial charge in [-0.15, -0.1) is 0 Å². The molecule has 0 atom stereocenters. The summed E-state index contributed by atoms with van der Waals surface area (Å²) in [5, 5.41) is 4.82. The predicted molar refractivity (Wildman–Crippen MR) is 72.6 cm³/mol. The van der Waals surface area contributed by atoms with E-state index < -0.39 is 0 Å². The third kappa shape index (κ3) is 1.31. The summed E-state index contributed by atoms with van der Waals surface area (Å²) in [7, 11) is 0. The van der Waals surface area contributed by atoms with E-state index in [1.165, 1.54) is 43.3 Å². The van der Waals surface area contributed by atoms with Crippen LogP contribution in [0.5, 0.6) is 0 Å². The Hall–Kier alpha value is -1.35. The standard InChI is InChI=1S/C15H19N3/c1-14(8-15(9-14)4-7-16-10-15)12-3-6-18-13-11(12)2-5-17-13/h2-3,5-6,16H,4,7-10H2,1H3,(H,17,18). The fourth-order valence-electron chi connectivity index (χ4n) is 4.38. The molecule has 1 saturated carbocycles. The lowest BCUT2D eigenvalue weighted by Gasteiger charge is -2.53. The van der Waals surface area contributed by atoms with E-state index >= 15 is 0 Å². The third-order valence-corrected chi connectivity index (χ3v) is 4.97. The van der Waals surface area contributed by atoms with Crippen molar-refractivity contribution < 1.29 is 0 Å². The molecular formula is C15H19N3. The summed E-state index contributed by atoms with van der Waals surface area (Å²) in [6.07, 6.45) is 7.92. The van der Waals surface area contributed by atoms with Crippen LogP contribution in [0.15, 0.2) is 24.5 Å². The number of nitrogens with one attached hydrogen (secondary N) is 2. The molecule has 2 aromatic rings. The Morgan fingerprint density at radius 3 is 2.94 bits per heavy atom. The molecule has 2 aromatic heterocycles. The van der Waals surface area contributed by atoms with E-state index in [0.29, 0.717) is 10.8 Å². The second kappa shape index (κ2) is 3.35. The van der Waals surface area contributed by atoms with Crippen molar-refractivity contribution in [3.63, 3.8) is 0 Å². The Morgan fingerprint density at radius 1 is 1.28 bits per heavy atom. The van der Waals surface area contributed by atoms with Crippen LogP contribution in [0, 0.1) is 5.41 Å². The summed E-state index contributed by atoms with van der Waals surface area (Å²) < 4.78 is 0. The Kier molecular flexibility index (Phi) is 1.97. The molecule has 0 bridgehead atoms. The monoisotopic (exact) mass is 241 g/mol. The Bertz CT molecular complexity index is 585. The molecule has 4 rings (SSSR count). The zero-order valence-corrected chi connectivity index (χ0v) is 10.8. The molecule has 1 spiro atoms. The molecule has 3 heterocycles. The minimum atomic E-state index is 0.343. The van der Waals surface area contributed by atoms with Gasteiger partial charge in [0.1, 0.15) is 5.65 Å². The molecule has 2 fully saturated rings. The number of aromatic amines is 1. The normalized spacial score (nSPS) is 35.2. The molecule has 0 amide bonds. The number of fused-ring (bicyclic) bond motifs is 1. The van der Waals surface area contributed by atoms with Crippen LogP contribution in [0.25, 0.3) is 11.0 Å². The zero-order valence-electron chi connectivity index (χ0n) is 10.8. The maximum Gasteiger partial charge on any atom is 0.137 e. The minimum absolute atomic E-state index is 0.343. The van der Waals surface area contributed by atoms with Gasteiger partial charge < -0.3 is 10.3 Å². The number of hydrogen-bond donors (Lipinski definition) is 2. The highest BCUT2D eigenvalue weighted by Crippen LogP contribution is 2.58. The minimum Gasteiger partial charge on any atom is -0.346 e. The summed E-state index contributed by atoms with van der Waals surface area (Å²) >= 11 is 0. The number of nitrogens with zero attached hydrogens (tertiary/aromatic N) is 1. The molecule has 3 nitrogen and oxygen atoms in total. The average Bonchev–Trinajstić information content (AvgIpc) is 2.95. The first-order chi connectivity index (χ1) is 8.71. The van der Waals surface area contributed by atoms with Crippen LogP contribution in [0.1, 0.15) is 31.7 Å². The van der Waals surface area contributed by atoms with Crippen LogP contribution in [-0.2, 0) is 5.41 Å². The van der Waals surface area contributed by atoms with Crippen molar-refractivity contribution in [1.29, 1.82) is 0 Å². The molecule has 2 N–H and O–H groups in total. The molecule has 1 aliphatic carbocycles. The lowest BCUT2D eigenvalue weighted by molar-refractivity contribution is 0.0544. The second-order valence-electron chi connectivity index (χ2n) is 6.44. The molecule has 0 radical (unpaired) electrons. The maximum atomic E-state index is 4.39. The van der Waals surface area contributed by atoms with E-state index in [-0.39, 0.29) is 0 Å². The van der Waals surface area contributed by atoms with Gasteiger partial charge in [-0.3, -0.25) is 0 Å². The van der Waals surface area contributed by atoms with Gasteiger partial charge in [-0.25, -0.2) is 4.98 Å². The first-order valence-electron chi connectivity index (χ1n) is 6.84. The van der Waals surface area contributed by atoms with Crippen LogP contribution in [0.2, 0.25) is 0 Å². The number of pyridine rings is 1. The first-order valence-corrected chi connectivity index (χ1v) is 6.84. The van der Waals surface area contributed by atoms with E-state index in [2.05, 4.69) is 34.3 Å². The van der Waals surface area contributed by atoms with E-state index in [9.17, 15) is 0 Å². The number of hydrogen-bond acceptors (Lipinski definition) is 2. The molecule has 18 heavy (non-hydrogen) atoms. The molecule has 1 saturated heterocycles. The van der Waals surface area contributed by atoms with Crippen LogP contribution in [-0.4, -0.2) is 23.1 Å². The topological polar surface area (TPSA) is 40.7 Å². The van der Waals surface area contributed by atoms with Crippen molar-refractivity contribution >= 4 is 11.0 Å². The molecule has 1 aliphatic heterocycles. The lowest BCUT2D eigenvalue weighted by Crippen LogP contribution is -2.49. The lowest BCUT2D eigenvalue weighted by atomic mass is 9.51. The van der Waals surface area contributed by atoms with Gasteiger partial charge in [0, 0.05) is 24.3 Å². The summed E-state index contributed by atoms with van der Waals surface area (Å²) in [5.74, 6) is 0. The molecule has 0 aromatic carbocycles. The highest BCUT2D eigenvalue weighted by molar-refractivity contribution is 5.80. The number of aromatic nitrogens is 2. The molecule has 3 heteroatoms. The fraction of sp³-hybridized carbons (Fsp3) is 0.533. The van der Waals surface area contributed by atoms with Gasteiger partial charge >= 0.3 is 0 Å². The molecule has 0 unspecified atom stereocenters. The Balaban J connectivity index is 1.73. The molecular weight excluding hydrogens is 222 g/mol. The highest BCUT2D eigenvalue weighted by Gasteiger charge is 2.53. The van der Waals surface area contributed by atoms with Crippen molar-refractivity contribution in [1.82, 2.24) is 15.3 Å². The highest BCUT2D eigenvalue weighted by atomic mass is 14.9.